The molecule has 0 fully saturated rings. The van der Waals surface area contributed by atoms with E-state index in [0.717, 1.165) is 10.8 Å². The Kier molecular flexibility index (Phi) is 13.0. The molecule has 0 saturated carbocycles. The maximum absolute atomic E-state index is 15.4. The van der Waals surface area contributed by atoms with Gasteiger partial charge in [-0.15, -0.1) is 21.9 Å². The van der Waals surface area contributed by atoms with Crippen molar-refractivity contribution in [1.29, 1.82) is 5.26 Å². The van der Waals surface area contributed by atoms with Crippen LogP contribution in [0.2, 0.25) is 0 Å². The Morgan fingerprint density at radius 3 is 1.06 bits per heavy atom. The smallest absolute Gasteiger partial charge is 0.227 e. The van der Waals surface area contributed by atoms with E-state index in [9.17, 15) is 57.5 Å². The average Bonchev–Trinajstić information content (AvgIpc) is 3.31. The third-order valence-corrected chi connectivity index (χ3v) is 10.1. The number of fused-ring (bicyclic) bond motifs is 1. The van der Waals surface area contributed by atoms with Gasteiger partial charge in [-0.05, 0) is 17.5 Å². The number of ketones is 1. The van der Waals surface area contributed by atoms with Crippen LogP contribution in [0.3, 0.4) is 0 Å². The molecule has 0 bridgehead atoms. The number of rotatable bonds is 7. The predicted molar refractivity (Wildman–Crippen MR) is 189 cm³/mol. The fourth-order valence-corrected chi connectivity index (χ4v) is 7.16. The number of Topliss-reactive ketones (excluding diaryl/α,β-unsaturated/α-hetero) is 1. The first-order valence-electron chi connectivity index (χ1n) is 17.6. The summed E-state index contributed by atoms with van der Waals surface area (Å²) in [6.45, 7) is 0.288. The second-order valence-corrected chi connectivity index (χ2v) is 13.7. The van der Waals surface area contributed by atoms with Crippen LogP contribution in [0.25, 0.3) is 10.8 Å². The maximum Gasteiger partial charge on any atom is 0.227 e. The van der Waals surface area contributed by atoms with Gasteiger partial charge in [-0.3, -0.25) is 4.79 Å². The lowest BCUT2D eigenvalue weighted by molar-refractivity contribution is -0.681. The van der Waals surface area contributed by atoms with Gasteiger partial charge in [-0.1, -0.05) is 36.4 Å². The molecule has 0 aliphatic rings. The van der Waals surface area contributed by atoms with Gasteiger partial charge in [-0.2, -0.15) is 9.83 Å². The lowest BCUT2D eigenvalue weighted by Crippen LogP contribution is -2.81. The lowest BCUT2D eigenvalue weighted by atomic mass is 9.12. The van der Waals surface area contributed by atoms with E-state index in [0.29, 0.717) is 11.1 Å². The number of benzene rings is 6. The molecule has 7 rings (SSSR count). The van der Waals surface area contributed by atoms with Crippen molar-refractivity contribution in [2.24, 2.45) is 0 Å². The summed E-state index contributed by atoms with van der Waals surface area (Å²) in [4.78, 5) is 12.2. The van der Waals surface area contributed by atoms with Gasteiger partial charge in [0.15, 0.2) is 82.2 Å². The summed E-state index contributed by atoms with van der Waals surface area (Å²) in [5, 5.41) is 11.0. The van der Waals surface area contributed by atoms with E-state index >= 15 is 35.1 Å². The van der Waals surface area contributed by atoms with Crippen molar-refractivity contribution in [1.82, 2.24) is 0 Å². The van der Waals surface area contributed by atoms with Gasteiger partial charge in [0.1, 0.15) is 52.7 Å². The van der Waals surface area contributed by atoms with Crippen LogP contribution in [0.1, 0.15) is 15.9 Å². The summed E-state index contributed by atoms with van der Waals surface area (Å²) in [6.07, 6.45) is -3.43. The van der Waals surface area contributed by atoms with Crippen molar-refractivity contribution in [2.45, 2.75) is 6.54 Å². The van der Waals surface area contributed by atoms with Crippen LogP contribution in [0.5, 0.6) is 0 Å². The Bertz CT molecular complexity index is 2830. The summed E-state index contributed by atoms with van der Waals surface area (Å²) in [5.41, 5.74) is -13.0. The third-order valence-electron chi connectivity index (χ3n) is 10.1. The topological polar surface area (TPSA) is 44.7 Å². The van der Waals surface area contributed by atoms with E-state index in [1.54, 1.807) is 6.07 Å². The van der Waals surface area contributed by atoms with Crippen LogP contribution in [-0.2, 0) is 6.54 Å². The number of halogens is 20. The molecule has 0 atom stereocenters. The first-order valence-corrected chi connectivity index (χ1v) is 17.6. The largest absolute Gasteiger partial charge is 0.287 e. The number of hydrogen-bond donors (Lipinski definition) is 0. The number of carbonyl (C=O) groups is 1. The zero-order chi connectivity index (χ0) is 49.0. The summed E-state index contributed by atoms with van der Waals surface area (Å²) in [5.74, 6) is -71.3. The van der Waals surface area contributed by atoms with E-state index in [1.165, 1.54) is 0 Å². The molecular weight excluding hydrogens is 939 g/mol. The van der Waals surface area contributed by atoms with Crippen molar-refractivity contribution in [3.8, 4) is 6.07 Å². The Balaban J connectivity index is 0.000000284. The minimum absolute atomic E-state index is 0.0661. The Hall–Kier alpha value is -7.45. The van der Waals surface area contributed by atoms with Crippen molar-refractivity contribution in [3.05, 3.63) is 194 Å². The molecule has 0 saturated heterocycles. The third kappa shape index (κ3) is 7.50. The van der Waals surface area contributed by atoms with Crippen LogP contribution < -0.4 is 26.4 Å². The van der Waals surface area contributed by atoms with Crippen molar-refractivity contribution >= 4 is 44.6 Å². The molecule has 6 aromatic carbocycles. The highest BCUT2D eigenvalue weighted by Crippen LogP contribution is 2.31. The van der Waals surface area contributed by atoms with Crippen LogP contribution in [0.4, 0.5) is 87.8 Å². The van der Waals surface area contributed by atoms with Gasteiger partial charge in [0.2, 0.25) is 12.3 Å². The number of nitriles is 1. The second-order valence-electron chi connectivity index (χ2n) is 13.7. The van der Waals surface area contributed by atoms with Crippen molar-refractivity contribution in [2.75, 3.05) is 0 Å². The molecule has 3 nitrogen and oxygen atoms in total. The number of aromatic nitrogens is 1. The molecule has 1 aromatic heterocycles. The average molecular weight is 952 g/mol. The summed E-state index contributed by atoms with van der Waals surface area (Å²) >= 11 is 0. The minimum atomic E-state index is -7.22. The van der Waals surface area contributed by atoms with Gasteiger partial charge in [0.05, 0.1) is 11.6 Å². The number of nitrogens with zero attached hydrogens (tertiary/aromatic N) is 2. The summed E-state index contributed by atoms with van der Waals surface area (Å²) < 4.78 is 296. The van der Waals surface area contributed by atoms with Crippen LogP contribution in [0.15, 0.2) is 67.0 Å². The highest BCUT2D eigenvalue weighted by atomic mass is 19.2. The molecule has 0 aliphatic heterocycles. The highest BCUT2D eigenvalue weighted by Gasteiger charge is 2.52. The van der Waals surface area contributed by atoms with Crippen molar-refractivity contribution < 1.29 is 97.2 Å². The molecule has 0 spiro atoms. The van der Waals surface area contributed by atoms with E-state index in [1.807, 2.05) is 65.5 Å². The van der Waals surface area contributed by atoms with Gasteiger partial charge in [0, 0.05) is 17.0 Å². The molecule has 0 radical (unpaired) electrons. The number of carbonyl (C=O) groups excluding carboxylic acids is 1. The molecule has 340 valence electrons. The van der Waals surface area contributed by atoms with Crippen molar-refractivity contribution in [3.63, 3.8) is 0 Å². The first-order chi connectivity index (χ1) is 31.0. The Morgan fingerprint density at radius 1 is 0.424 bits per heavy atom. The lowest BCUT2D eigenvalue weighted by Gasteiger charge is -2.44. The monoisotopic (exact) mass is 952 g/mol. The maximum atomic E-state index is 15.4. The normalized spacial score (nSPS) is 11.4. The molecule has 66 heavy (non-hydrogen) atoms. The van der Waals surface area contributed by atoms with Gasteiger partial charge in [0.25, 0.3) is 0 Å². The van der Waals surface area contributed by atoms with E-state index < -0.39 is 144 Å². The van der Waals surface area contributed by atoms with Gasteiger partial charge >= 0.3 is 0 Å². The molecule has 24 heteroatoms. The number of pyridine rings is 1. The summed E-state index contributed by atoms with van der Waals surface area (Å²) in [6, 6.07) is 18.9. The van der Waals surface area contributed by atoms with Crippen LogP contribution in [0, 0.1) is 128 Å². The van der Waals surface area contributed by atoms with E-state index in [2.05, 4.69) is 6.07 Å². The highest BCUT2D eigenvalue weighted by molar-refractivity contribution is 7.20. The van der Waals surface area contributed by atoms with Crippen LogP contribution in [-0.4, -0.2) is 11.9 Å². The van der Waals surface area contributed by atoms with Crippen LogP contribution >= 0.6 is 0 Å². The Morgan fingerprint density at radius 2 is 0.742 bits per heavy atom. The molecule has 0 unspecified atom stereocenters. The zero-order valence-electron chi connectivity index (χ0n) is 31.5. The van der Waals surface area contributed by atoms with E-state index in [4.69, 9.17) is 5.26 Å². The fraction of sp³-hybridized carbons (Fsp3) is 0.0238. The minimum Gasteiger partial charge on any atom is -0.287 e. The van der Waals surface area contributed by atoms with Gasteiger partial charge in [-0.25, -0.2) is 87.8 Å². The molecule has 0 amide bonds. The van der Waals surface area contributed by atoms with Gasteiger partial charge < -0.3 is 0 Å². The first kappa shape index (κ1) is 48.0. The van der Waals surface area contributed by atoms with E-state index in [-0.39, 0.29) is 12.3 Å². The predicted octanol–water partition coefficient (Wildman–Crippen LogP) is 8.73. The quantitative estimate of drug-likeness (QED) is 0.0401. The zero-order valence-corrected chi connectivity index (χ0v) is 31.5. The molecular formula is C42H13BF20N2O. The summed E-state index contributed by atoms with van der Waals surface area (Å²) in [7, 11) is 0. The standard InChI is InChI=1S/C24BF20.C18H13N2O/c26-5-1(6(27)14(35)21(42)13(5)34)25(2-7(28)15(36)22(43)16(37)8(2)29,3-9(30)17(38)23(44)18(39)10(3)31)4-11(32)19(40)24(45)20(41)12(4)33;19-11-14-6-7-15-8-9-20(12-17(15)10-14)13-18(21)16-4-2-1-3-5-16/h;1-10,12H,13H2/q-1;+1. The fourth-order valence-electron chi connectivity index (χ4n) is 7.16. The second kappa shape index (κ2) is 17.8. The molecule has 1 heterocycles. The molecule has 7 aromatic rings. The molecule has 0 N–H and O–H groups in total. The SMILES string of the molecule is Fc1c(F)c(F)c([B-](c2c(F)c(F)c(F)c(F)c2F)(c2c(F)c(F)c(F)c(F)c2F)c2c(F)c(F)c(F)c(F)c2F)c(F)c1F.N#Cc1ccc2cc[n+](CC(=O)c3ccccc3)cc2c1. The Labute approximate surface area is 353 Å². The number of hydrogen-bond acceptors (Lipinski definition) is 2. The molecule has 0 aliphatic carbocycles.